The van der Waals surface area contributed by atoms with E-state index in [1.165, 1.54) is 0 Å². The van der Waals surface area contributed by atoms with Crippen molar-refractivity contribution in [2.45, 2.75) is 52.1 Å². The number of aliphatic hydroxyl groups excluding tert-OH is 1. The fraction of sp³-hybridized carbons (Fsp3) is 0.727. The van der Waals surface area contributed by atoms with Crippen molar-refractivity contribution in [3.63, 3.8) is 0 Å². The van der Waals surface area contributed by atoms with E-state index < -0.39 is 0 Å². The molecule has 1 rings (SSSR count). The molecule has 0 bridgehead atoms. The van der Waals surface area contributed by atoms with Crippen LogP contribution in [-0.2, 0) is 9.53 Å². The summed E-state index contributed by atoms with van der Waals surface area (Å²) in [5.41, 5.74) is 0.358. The van der Waals surface area contributed by atoms with E-state index in [1.807, 2.05) is 0 Å². The summed E-state index contributed by atoms with van der Waals surface area (Å²) in [6, 6.07) is 0. The molecular formula is C11H18O3. The molecule has 1 atom stereocenters. The Hall–Kier alpha value is -0.990. The number of unbranched alkanes of at least 4 members (excludes halogenated alkanes) is 2. The molecule has 1 N–H and O–H groups in total. The molecule has 3 heteroatoms. The zero-order chi connectivity index (χ0) is 10.6. The van der Waals surface area contributed by atoms with E-state index >= 15 is 0 Å². The van der Waals surface area contributed by atoms with E-state index in [2.05, 4.69) is 6.92 Å². The Kier molecular flexibility index (Phi) is 3.98. The molecule has 0 saturated carbocycles. The van der Waals surface area contributed by atoms with Crippen LogP contribution in [0, 0.1) is 0 Å². The van der Waals surface area contributed by atoms with Gasteiger partial charge in [-0.05, 0) is 19.8 Å². The van der Waals surface area contributed by atoms with Crippen LogP contribution in [0.5, 0.6) is 0 Å². The van der Waals surface area contributed by atoms with Crippen LogP contribution >= 0.6 is 0 Å². The summed E-state index contributed by atoms with van der Waals surface area (Å²) in [4.78, 5) is 11.2. The molecule has 1 aliphatic heterocycles. The molecule has 0 radical (unpaired) electrons. The molecule has 0 aromatic heterocycles. The van der Waals surface area contributed by atoms with Crippen molar-refractivity contribution in [2.24, 2.45) is 0 Å². The molecule has 1 heterocycles. The van der Waals surface area contributed by atoms with Gasteiger partial charge in [0.05, 0.1) is 5.57 Å². The summed E-state index contributed by atoms with van der Waals surface area (Å²) in [5.74, 6) is -0.169. The fourth-order valence-electron chi connectivity index (χ4n) is 1.55. The minimum absolute atomic E-state index is 0.113. The third kappa shape index (κ3) is 2.76. The first-order chi connectivity index (χ1) is 6.65. The molecule has 1 unspecified atom stereocenters. The first-order valence-corrected chi connectivity index (χ1v) is 5.24. The number of cyclic esters (lactones) is 1. The molecular weight excluding hydrogens is 180 g/mol. The molecule has 1 aliphatic rings. The van der Waals surface area contributed by atoms with Crippen molar-refractivity contribution in [2.75, 3.05) is 0 Å². The monoisotopic (exact) mass is 198 g/mol. The molecule has 0 fully saturated rings. The predicted octanol–water partition coefficient (Wildman–Crippen LogP) is 2.71. The summed E-state index contributed by atoms with van der Waals surface area (Å²) < 4.78 is 5.16. The summed E-state index contributed by atoms with van der Waals surface area (Å²) in [5, 5.41) is 9.45. The van der Waals surface area contributed by atoms with Gasteiger partial charge in [0, 0.05) is 6.42 Å². The van der Waals surface area contributed by atoms with Gasteiger partial charge in [-0.25, -0.2) is 4.79 Å². The topological polar surface area (TPSA) is 46.5 Å². The fourth-order valence-corrected chi connectivity index (χ4v) is 1.55. The van der Waals surface area contributed by atoms with Gasteiger partial charge in [-0.1, -0.05) is 19.8 Å². The van der Waals surface area contributed by atoms with Crippen LogP contribution in [0.1, 0.15) is 46.0 Å². The van der Waals surface area contributed by atoms with E-state index in [1.54, 1.807) is 6.92 Å². The average molecular weight is 198 g/mol. The van der Waals surface area contributed by atoms with Gasteiger partial charge in [0.25, 0.3) is 0 Å². The molecule has 0 saturated heterocycles. The van der Waals surface area contributed by atoms with Crippen molar-refractivity contribution in [3.8, 4) is 0 Å². The number of ether oxygens (including phenoxy) is 1. The van der Waals surface area contributed by atoms with Gasteiger partial charge < -0.3 is 9.84 Å². The summed E-state index contributed by atoms with van der Waals surface area (Å²) in [7, 11) is 0. The number of carbonyl (C=O) groups is 1. The Morgan fingerprint density at radius 1 is 1.50 bits per heavy atom. The Morgan fingerprint density at radius 2 is 2.21 bits per heavy atom. The molecule has 80 valence electrons. The molecule has 0 aromatic carbocycles. The quantitative estimate of drug-likeness (QED) is 0.558. The predicted molar refractivity (Wildman–Crippen MR) is 54.0 cm³/mol. The van der Waals surface area contributed by atoms with E-state index in [0.717, 1.165) is 25.7 Å². The van der Waals surface area contributed by atoms with Crippen molar-refractivity contribution in [1.82, 2.24) is 0 Å². The number of esters is 1. The summed E-state index contributed by atoms with van der Waals surface area (Å²) in [6.45, 7) is 3.73. The van der Waals surface area contributed by atoms with Crippen molar-refractivity contribution in [1.29, 1.82) is 0 Å². The summed E-state index contributed by atoms with van der Waals surface area (Å²) >= 11 is 0. The number of hydrogen-bond donors (Lipinski definition) is 1. The zero-order valence-electron chi connectivity index (χ0n) is 8.88. The Labute approximate surface area is 84.8 Å². The Morgan fingerprint density at radius 3 is 2.79 bits per heavy atom. The lowest BCUT2D eigenvalue weighted by atomic mass is 10.0. The number of rotatable bonds is 4. The maximum atomic E-state index is 11.2. The lowest BCUT2D eigenvalue weighted by Gasteiger charge is -2.22. The highest BCUT2D eigenvalue weighted by atomic mass is 16.5. The van der Waals surface area contributed by atoms with Gasteiger partial charge in [-0.2, -0.15) is 0 Å². The molecule has 0 amide bonds. The second-order valence-corrected chi connectivity index (χ2v) is 3.80. The van der Waals surface area contributed by atoms with Crippen LogP contribution in [0.4, 0.5) is 0 Å². The van der Waals surface area contributed by atoms with Crippen LogP contribution in [0.2, 0.25) is 0 Å². The van der Waals surface area contributed by atoms with Crippen molar-refractivity contribution >= 4 is 5.97 Å². The van der Waals surface area contributed by atoms with Gasteiger partial charge in [-0.3, -0.25) is 0 Å². The second-order valence-electron chi connectivity index (χ2n) is 3.80. The van der Waals surface area contributed by atoms with E-state index in [9.17, 15) is 9.90 Å². The molecule has 0 aliphatic carbocycles. The highest BCUT2D eigenvalue weighted by molar-refractivity contribution is 5.89. The van der Waals surface area contributed by atoms with Gasteiger partial charge >= 0.3 is 5.97 Å². The molecule has 14 heavy (non-hydrogen) atoms. The highest BCUT2D eigenvalue weighted by Crippen LogP contribution is 2.22. The standard InChI is InChI=1S/C11H18O3/c1-3-4-5-6-9-7-10(12)8(2)11(13)14-9/h9,12H,3-7H2,1-2H3. The number of aliphatic hydroxyl groups is 1. The van der Waals surface area contributed by atoms with Gasteiger partial charge in [0.1, 0.15) is 11.9 Å². The average Bonchev–Trinajstić information content (AvgIpc) is 2.14. The van der Waals surface area contributed by atoms with Crippen LogP contribution in [0.25, 0.3) is 0 Å². The van der Waals surface area contributed by atoms with Gasteiger partial charge in [0.2, 0.25) is 0 Å². The molecule has 3 nitrogen and oxygen atoms in total. The Bertz CT molecular complexity index is 243. The lowest BCUT2D eigenvalue weighted by Crippen LogP contribution is -2.25. The van der Waals surface area contributed by atoms with Gasteiger partial charge in [0.15, 0.2) is 0 Å². The maximum Gasteiger partial charge on any atom is 0.337 e. The van der Waals surface area contributed by atoms with E-state index in [4.69, 9.17) is 4.74 Å². The third-order valence-corrected chi connectivity index (χ3v) is 2.56. The SMILES string of the molecule is CCCCCC1CC(O)=C(C)C(=O)O1. The third-order valence-electron chi connectivity index (χ3n) is 2.56. The number of hydrogen-bond acceptors (Lipinski definition) is 3. The van der Waals surface area contributed by atoms with E-state index in [0.29, 0.717) is 12.0 Å². The molecule has 0 spiro atoms. The zero-order valence-corrected chi connectivity index (χ0v) is 8.88. The first kappa shape index (κ1) is 11.1. The smallest absolute Gasteiger partial charge is 0.337 e. The largest absolute Gasteiger partial charge is 0.512 e. The van der Waals surface area contributed by atoms with Crippen LogP contribution in [-0.4, -0.2) is 17.2 Å². The Balaban J connectivity index is 2.41. The minimum Gasteiger partial charge on any atom is -0.512 e. The normalized spacial score (nSPS) is 22.4. The minimum atomic E-state index is -0.366. The highest BCUT2D eigenvalue weighted by Gasteiger charge is 2.25. The molecule has 0 aromatic rings. The van der Waals surface area contributed by atoms with Crippen LogP contribution < -0.4 is 0 Å². The lowest BCUT2D eigenvalue weighted by molar-refractivity contribution is -0.147. The van der Waals surface area contributed by atoms with Crippen LogP contribution in [0.3, 0.4) is 0 Å². The summed E-state index contributed by atoms with van der Waals surface area (Å²) in [6.07, 6.45) is 4.59. The van der Waals surface area contributed by atoms with E-state index in [-0.39, 0.29) is 17.8 Å². The first-order valence-electron chi connectivity index (χ1n) is 5.24. The second kappa shape index (κ2) is 5.03. The van der Waals surface area contributed by atoms with Crippen molar-refractivity contribution in [3.05, 3.63) is 11.3 Å². The maximum absolute atomic E-state index is 11.2. The van der Waals surface area contributed by atoms with Crippen LogP contribution in [0.15, 0.2) is 11.3 Å². The van der Waals surface area contributed by atoms with Gasteiger partial charge in [-0.15, -0.1) is 0 Å². The number of carbonyl (C=O) groups excluding carboxylic acids is 1. The van der Waals surface area contributed by atoms with Crippen molar-refractivity contribution < 1.29 is 14.6 Å².